The minimum atomic E-state index is -3.63. The molecule has 0 N–H and O–H groups in total. The van der Waals surface area contributed by atoms with Gasteiger partial charge in [-0.3, -0.25) is 0 Å². The Morgan fingerprint density at radius 1 is 1.11 bits per heavy atom. The number of nitrogens with zero attached hydrogens (tertiary/aromatic N) is 5. The molecule has 1 aromatic carbocycles. The van der Waals surface area contributed by atoms with E-state index in [1.807, 2.05) is 63.1 Å². The van der Waals surface area contributed by atoms with Gasteiger partial charge in [0.15, 0.2) is 5.65 Å². The van der Waals surface area contributed by atoms with E-state index in [0.717, 1.165) is 55.5 Å². The zero-order chi connectivity index (χ0) is 26.4. The Balaban J connectivity index is 1.26. The molecule has 1 amide bonds. The summed E-state index contributed by atoms with van der Waals surface area (Å²) < 4.78 is 33.1. The molecule has 0 unspecified atom stereocenters. The van der Waals surface area contributed by atoms with Crippen LogP contribution in [0.4, 0.5) is 10.6 Å². The van der Waals surface area contributed by atoms with Crippen molar-refractivity contribution in [2.75, 3.05) is 25.0 Å². The van der Waals surface area contributed by atoms with Crippen LogP contribution in [0.2, 0.25) is 0 Å². The highest BCUT2D eigenvalue weighted by atomic mass is 32.2. The minimum absolute atomic E-state index is 0.0994. The number of aromatic nitrogens is 3. The van der Waals surface area contributed by atoms with Gasteiger partial charge in [-0.2, -0.15) is 0 Å². The Bertz CT molecular complexity index is 1380. The lowest BCUT2D eigenvalue weighted by Gasteiger charge is -2.53. The van der Waals surface area contributed by atoms with Crippen LogP contribution < -0.4 is 4.90 Å². The van der Waals surface area contributed by atoms with Gasteiger partial charge in [-0.1, -0.05) is 30.3 Å². The second kappa shape index (κ2) is 9.31. The summed E-state index contributed by atoms with van der Waals surface area (Å²) >= 11 is 0. The molecule has 0 radical (unpaired) electrons. The molecule has 2 aliphatic rings. The van der Waals surface area contributed by atoms with Gasteiger partial charge in [-0.15, -0.1) is 0 Å². The molecule has 37 heavy (non-hydrogen) atoms. The van der Waals surface area contributed by atoms with E-state index in [0.29, 0.717) is 5.65 Å². The van der Waals surface area contributed by atoms with Crippen molar-refractivity contribution in [1.29, 1.82) is 0 Å². The number of fused-ring (bicyclic) bond motifs is 1. The fraction of sp³-hybridized carbons (Fsp3) is 0.519. The van der Waals surface area contributed by atoms with Gasteiger partial charge in [-0.25, -0.2) is 27.2 Å². The number of amides is 1. The lowest BCUT2D eigenvalue weighted by Crippen LogP contribution is -2.61. The average Bonchev–Trinajstić information content (AvgIpc) is 3.27. The monoisotopic (exact) mass is 525 g/mol. The van der Waals surface area contributed by atoms with Crippen LogP contribution >= 0.6 is 0 Å². The first-order valence-corrected chi connectivity index (χ1v) is 14.4. The van der Waals surface area contributed by atoms with Gasteiger partial charge < -0.3 is 14.5 Å². The molecule has 3 aromatic rings. The number of hydrogen-bond acceptors (Lipinski definition) is 7. The van der Waals surface area contributed by atoms with Crippen molar-refractivity contribution < 1.29 is 17.9 Å². The number of likely N-dealkylation sites (tertiary alicyclic amines) is 1. The first-order chi connectivity index (χ1) is 17.5. The van der Waals surface area contributed by atoms with Crippen molar-refractivity contribution in [3.8, 4) is 0 Å². The SMILES string of the molecule is CN(c1ncnc2c1ccn2S(=O)(=O)Cc1ccccc1)C1CCC2(CC1)CN(C(=O)OC(C)(C)C)C2. The third-order valence-corrected chi connectivity index (χ3v) is 9.11. The van der Waals surface area contributed by atoms with E-state index >= 15 is 0 Å². The van der Waals surface area contributed by atoms with E-state index in [2.05, 4.69) is 14.9 Å². The molecular weight excluding hydrogens is 490 g/mol. The summed E-state index contributed by atoms with van der Waals surface area (Å²) in [6.07, 6.45) is 6.81. The third-order valence-electron chi connectivity index (χ3n) is 7.52. The van der Waals surface area contributed by atoms with Crippen molar-refractivity contribution in [3.05, 3.63) is 54.5 Å². The zero-order valence-electron chi connectivity index (χ0n) is 21.9. The number of rotatable bonds is 5. The Hall–Kier alpha value is -3.14. The van der Waals surface area contributed by atoms with Gasteiger partial charge in [0, 0.05) is 37.8 Å². The second-order valence-electron chi connectivity index (χ2n) is 11.5. The number of hydrogen-bond donors (Lipinski definition) is 0. The molecule has 9 nitrogen and oxygen atoms in total. The van der Waals surface area contributed by atoms with Crippen LogP contribution in [0.1, 0.15) is 52.0 Å². The van der Waals surface area contributed by atoms with E-state index < -0.39 is 15.6 Å². The number of carbonyl (C=O) groups is 1. The summed E-state index contributed by atoms with van der Waals surface area (Å²) in [5.74, 6) is 0.640. The van der Waals surface area contributed by atoms with Crippen LogP contribution in [-0.2, 0) is 20.5 Å². The number of ether oxygens (including phenoxy) is 1. The lowest BCUT2D eigenvalue weighted by molar-refractivity contribution is -0.0504. The molecule has 2 fully saturated rings. The zero-order valence-corrected chi connectivity index (χ0v) is 22.7. The minimum Gasteiger partial charge on any atom is -0.444 e. The molecular formula is C27H35N5O4S. The highest BCUT2D eigenvalue weighted by Gasteiger charge is 2.48. The first kappa shape index (κ1) is 25.5. The van der Waals surface area contributed by atoms with Gasteiger partial charge in [0.05, 0.1) is 11.1 Å². The number of carbonyl (C=O) groups excluding carboxylic acids is 1. The number of anilines is 1. The predicted molar refractivity (Wildman–Crippen MR) is 143 cm³/mol. The normalized spacial score (nSPS) is 18.1. The predicted octanol–water partition coefficient (Wildman–Crippen LogP) is 4.43. The number of benzene rings is 1. The molecule has 10 heteroatoms. The van der Waals surface area contributed by atoms with Gasteiger partial charge >= 0.3 is 6.09 Å². The Morgan fingerprint density at radius 3 is 2.43 bits per heavy atom. The molecule has 1 saturated heterocycles. The fourth-order valence-corrected chi connectivity index (χ4v) is 6.99. The van der Waals surface area contributed by atoms with Crippen LogP contribution in [0.25, 0.3) is 11.0 Å². The average molecular weight is 526 g/mol. The quantitative estimate of drug-likeness (QED) is 0.486. The highest BCUT2D eigenvalue weighted by molar-refractivity contribution is 7.89. The molecule has 1 spiro atoms. The second-order valence-corrected chi connectivity index (χ2v) is 13.3. The Morgan fingerprint density at radius 2 is 1.78 bits per heavy atom. The fourth-order valence-electron chi connectivity index (χ4n) is 5.59. The highest BCUT2D eigenvalue weighted by Crippen LogP contribution is 2.45. The van der Waals surface area contributed by atoms with Gasteiger partial charge in [0.25, 0.3) is 0 Å². The molecule has 5 rings (SSSR count). The molecule has 1 aliphatic heterocycles. The van der Waals surface area contributed by atoms with E-state index in [1.165, 1.54) is 10.3 Å². The lowest BCUT2D eigenvalue weighted by atomic mass is 9.67. The van der Waals surface area contributed by atoms with Crippen LogP contribution in [0, 0.1) is 5.41 Å². The van der Waals surface area contributed by atoms with Crippen LogP contribution in [0.15, 0.2) is 48.9 Å². The Kier molecular flexibility index (Phi) is 6.42. The molecule has 0 atom stereocenters. The van der Waals surface area contributed by atoms with Crippen LogP contribution in [-0.4, -0.2) is 65.1 Å². The van der Waals surface area contributed by atoms with Gasteiger partial charge in [0.1, 0.15) is 17.7 Å². The van der Waals surface area contributed by atoms with E-state index in [1.54, 1.807) is 12.3 Å². The summed E-state index contributed by atoms with van der Waals surface area (Å²) in [6, 6.07) is 11.2. The van der Waals surface area contributed by atoms with Crippen molar-refractivity contribution in [2.45, 2.75) is 63.9 Å². The largest absolute Gasteiger partial charge is 0.444 e. The van der Waals surface area contributed by atoms with Crippen molar-refractivity contribution in [1.82, 2.24) is 18.8 Å². The molecule has 1 saturated carbocycles. The van der Waals surface area contributed by atoms with Crippen molar-refractivity contribution >= 4 is 33.0 Å². The summed E-state index contributed by atoms with van der Waals surface area (Å²) in [6.45, 7) is 7.16. The van der Waals surface area contributed by atoms with E-state index in [9.17, 15) is 13.2 Å². The van der Waals surface area contributed by atoms with E-state index in [4.69, 9.17) is 4.74 Å². The maximum atomic E-state index is 13.2. The van der Waals surface area contributed by atoms with Gasteiger partial charge in [0.2, 0.25) is 10.0 Å². The maximum absolute atomic E-state index is 13.2. The topological polar surface area (TPSA) is 97.6 Å². The van der Waals surface area contributed by atoms with E-state index in [-0.39, 0.29) is 23.3 Å². The summed E-state index contributed by atoms with van der Waals surface area (Å²) in [5.41, 5.74) is 0.813. The smallest absolute Gasteiger partial charge is 0.410 e. The Labute approximate surface area is 218 Å². The molecule has 0 bridgehead atoms. The standard InChI is InChI=1S/C27H35N5O4S/c1-26(2,3)36-25(33)31-17-27(18-31)13-10-21(11-14-27)30(4)23-22-12-15-32(24(22)29-19-28-23)37(34,35)16-20-8-6-5-7-9-20/h5-9,12,15,19,21H,10-11,13-14,16-18H2,1-4H3. The molecule has 198 valence electrons. The van der Waals surface area contributed by atoms with Gasteiger partial charge in [-0.05, 0) is 58.1 Å². The first-order valence-electron chi connectivity index (χ1n) is 12.8. The van der Waals surface area contributed by atoms with Crippen LogP contribution in [0.3, 0.4) is 0 Å². The summed E-state index contributed by atoms with van der Waals surface area (Å²) in [7, 11) is -1.61. The third kappa shape index (κ3) is 5.16. The van der Waals surface area contributed by atoms with Crippen molar-refractivity contribution in [2.24, 2.45) is 5.41 Å². The maximum Gasteiger partial charge on any atom is 0.410 e. The molecule has 3 heterocycles. The van der Waals surface area contributed by atoms with Crippen molar-refractivity contribution in [3.63, 3.8) is 0 Å². The summed E-state index contributed by atoms with van der Waals surface area (Å²) in [5, 5.41) is 0.724. The van der Waals surface area contributed by atoms with Crippen LogP contribution in [0.5, 0.6) is 0 Å². The summed E-state index contributed by atoms with van der Waals surface area (Å²) in [4.78, 5) is 25.2. The molecule has 2 aromatic heterocycles. The molecule has 1 aliphatic carbocycles.